The van der Waals surface area contributed by atoms with Gasteiger partial charge in [0.2, 0.25) is 11.8 Å². The van der Waals surface area contributed by atoms with Gasteiger partial charge in [0.25, 0.3) is 0 Å². The van der Waals surface area contributed by atoms with Crippen LogP contribution < -0.4 is 0 Å². The van der Waals surface area contributed by atoms with Crippen LogP contribution in [-0.2, 0) is 9.59 Å². The summed E-state index contributed by atoms with van der Waals surface area (Å²) in [6.45, 7) is 4.62. The van der Waals surface area contributed by atoms with Crippen molar-refractivity contribution in [1.29, 1.82) is 0 Å². The lowest BCUT2D eigenvalue weighted by Crippen LogP contribution is -2.49. The van der Waals surface area contributed by atoms with E-state index in [0.717, 1.165) is 25.7 Å². The second-order valence-corrected chi connectivity index (χ2v) is 6.90. The molecule has 2 unspecified atom stereocenters. The Morgan fingerprint density at radius 3 is 2.16 bits per heavy atom. The first kappa shape index (κ1) is 14.5. The zero-order valence-electron chi connectivity index (χ0n) is 12.0. The van der Waals surface area contributed by atoms with Crippen molar-refractivity contribution in [2.24, 2.45) is 17.3 Å². The molecule has 1 aliphatic heterocycles. The van der Waals surface area contributed by atoms with Crippen LogP contribution in [0.3, 0.4) is 0 Å². The molecule has 2 fully saturated rings. The predicted molar refractivity (Wildman–Crippen MR) is 72.3 cm³/mol. The van der Waals surface area contributed by atoms with E-state index in [2.05, 4.69) is 0 Å². The smallest absolute Gasteiger partial charge is 0.229 e. The number of piperidine rings is 1. The monoisotopic (exact) mass is 267 g/mol. The molecule has 1 heterocycles. The molecule has 2 atom stereocenters. The minimum Gasteiger partial charge on any atom is -0.396 e. The summed E-state index contributed by atoms with van der Waals surface area (Å²) in [5, 5.41) is 9.42. The fraction of sp³-hybridized carbons (Fsp3) is 0.867. The van der Waals surface area contributed by atoms with Crippen LogP contribution in [0.1, 0.15) is 52.4 Å². The zero-order valence-corrected chi connectivity index (χ0v) is 12.0. The Labute approximate surface area is 115 Å². The van der Waals surface area contributed by atoms with E-state index in [4.69, 9.17) is 0 Å². The topological polar surface area (TPSA) is 57.6 Å². The molecule has 2 aliphatic rings. The molecule has 0 aromatic carbocycles. The van der Waals surface area contributed by atoms with Crippen LogP contribution >= 0.6 is 0 Å². The molecule has 4 heteroatoms. The average Bonchev–Trinajstić information content (AvgIpc) is 2.33. The standard InChI is InChI=1S/C15H25NO3/c1-15(2)7-13(18)16(14(19)8-15)9-11-5-3-4-6-12(11)10-17/h11-12,17H,3-10H2,1-2H3. The molecule has 1 saturated carbocycles. The molecule has 2 rings (SSSR count). The van der Waals surface area contributed by atoms with Crippen LogP contribution in [0.5, 0.6) is 0 Å². The Morgan fingerprint density at radius 1 is 1.11 bits per heavy atom. The molecular formula is C15H25NO3. The molecular weight excluding hydrogens is 242 g/mol. The molecule has 0 spiro atoms. The molecule has 0 radical (unpaired) electrons. The molecule has 0 bridgehead atoms. The van der Waals surface area contributed by atoms with Crippen molar-refractivity contribution in [2.45, 2.75) is 52.4 Å². The maximum absolute atomic E-state index is 12.1. The largest absolute Gasteiger partial charge is 0.396 e. The van der Waals surface area contributed by atoms with Crippen molar-refractivity contribution in [3.63, 3.8) is 0 Å². The van der Waals surface area contributed by atoms with E-state index in [1.165, 1.54) is 4.90 Å². The van der Waals surface area contributed by atoms with Gasteiger partial charge in [0.05, 0.1) is 0 Å². The number of carbonyl (C=O) groups is 2. The van der Waals surface area contributed by atoms with Gasteiger partial charge in [-0.3, -0.25) is 14.5 Å². The van der Waals surface area contributed by atoms with Crippen LogP contribution in [-0.4, -0.2) is 35.0 Å². The number of aliphatic hydroxyl groups excluding tert-OH is 1. The highest BCUT2D eigenvalue weighted by Gasteiger charge is 2.39. The third-order valence-corrected chi connectivity index (χ3v) is 4.58. The van der Waals surface area contributed by atoms with Crippen LogP contribution in [0, 0.1) is 17.3 Å². The van der Waals surface area contributed by atoms with E-state index < -0.39 is 0 Å². The van der Waals surface area contributed by atoms with E-state index in [1.54, 1.807) is 0 Å². The van der Waals surface area contributed by atoms with Gasteiger partial charge >= 0.3 is 0 Å². The lowest BCUT2D eigenvalue weighted by atomic mass is 9.77. The Morgan fingerprint density at radius 2 is 1.63 bits per heavy atom. The summed E-state index contributed by atoms with van der Waals surface area (Å²) in [6.07, 6.45) is 5.23. The minimum atomic E-state index is -0.201. The van der Waals surface area contributed by atoms with Gasteiger partial charge in [0, 0.05) is 26.0 Å². The SMILES string of the molecule is CC1(C)CC(=O)N(CC2CCCCC2CO)C(=O)C1. The van der Waals surface area contributed by atoms with Crippen molar-refractivity contribution in [1.82, 2.24) is 4.90 Å². The van der Waals surface area contributed by atoms with Crippen LogP contribution in [0.25, 0.3) is 0 Å². The summed E-state index contributed by atoms with van der Waals surface area (Å²) in [5.74, 6) is 0.462. The van der Waals surface area contributed by atoms with Gasteiger partial charge in [-0.2, -0.15) is 0 Å². The van der Waals surface area contributed by atoms with E-state index in [0.29, 0.717) is 19.4 Å². The summed E-state index contributed by atoms with van der Waals surface area (Å²) in [4.78, 5) is 25.7. The van der Waals surface area contributed by atoms with Gasteiger partial charge in [-0.1, -0.05) is 26.7 Å². The number of hydrogen-bond donors (Lipinski definition) is 1. The molecule has 0 aromatic heterocycles. The maximum atomic E-state index is 12.1. The van der Waals surface area contributed by atoms with E-state index in [9.17, 15) is 14.7 Å². The van der Waals surface area contributed by atoms with Crippen molar-refractivity contribution < 1.29 is 14.7 Å². The number of carbonyl (C=O) groups excluding carboxylic acids is 2. The highest BCUT2D eigenvalue weighted by molar-refractivity contribution is 5.98. The Balaban J connectivity index is 2.01. The average molecular weight is 267 g/mol. The Hall–Kier alpha value is -0.900. The number of likely N-dealkylation sites (tertiary alicyclic amines) is 1. The van der Waals surface area contributed by atoms with E-state index in [1.807, 2.05) is 13.8 Å². The van der Waals surface area contributed by atoms with Gasteiger partial charge in [-0.25, -0.2) is 0 Å². The number of nitrogens with zero attached hydrogens (tertiary/aromatic N) is 1. The normalized spacial score (nSPS) is 31.6. The van der Waals surface area contributed by atoms with E-state index >= 15 is 0 Å². The molecule has 1 N–H and O–H groups in total. The van der Waals surface area contributed by atoms with Gasteiger partial charge in [-0.15, -0.1) is 0 Å². The first-order chi connectivity index (χ1) is 8.93. The van der Waals surface area contributed by atoms with Gasteiger partial charge < -0.3 is 5.11 Å². The lowest BCUT2D eigenvalue weighted by molar-refractivity contribution is -0.153. The fourth-order valence-corrected chi connectivity index (χ4v) is 3.41. The third kappa shape index (κ3) is 3.35. The lowest BCUT2D eigenvalue weighted by Gasteiger charge is -2.39. The molecule has 108 valence electrons. The second-order valence-electron chi connectivity index (χ2n) is 6.90. The van der Waals surface area contributed by atoms with Crippen molar-refractivity contribution in [2.75, 3.05) is 13.2 Å². The number of rotatable bonds is 3. The Kier molecular flexibility index (Phi) is 4.29. The van der Waals surface area contributed by atoms with Gasteiger partial charge in [0.1, 0.15) is 0 Å². The highest BCUT2D eigenvalue weighted by atomic mass is 16.3. The fourth-order valence-electron chi connectivity index (χ4n) is 3.41. The van der Waals surface area contributed by atoms with Crippen molar-refractivity contribution in [3.8, 4) is 0 Å². The summed E-state index contributed by atoms with van der Waals surface area (Å²) < 4.78 is 0. The number of amides is 2. The van der Waals surface area contributed by atoms with Crippen LogP contribution in [0.2, 0.25) is 0 Å². The third-order valence-electron chi connectivity index (χ3n) is 4.58. The molecule has 2 amide bonds. The number of hydrogen-bond acceptors (Lipinski definition) is 3. The summed E-state index contributed by atoms with van der Waals surface area (Å²) in [6, 6.07) is 0. The minimum absolute atomic E-state index is 0.0384. The second kappa shape index (κ2) is 5.61. The molecule has 4 nitrogen and oxygen atoms in total. The molecule has 1 saturated heterocycles. The number of aliphatic hydroxyl groups is 1. The zero-order chi connectivity index (χ0) is 14.0. The molecule has 19 heavy (non-hydrogen) atoms. The summed E-state index contributed by atoms with van der Waals surface area (Å²) in [7, 11) is 0. The van der Waals surface area contributed by atoms with Crippen molar-refractivity contribution >= 4 is 11.8 Å². The quantitative estimate of drug-likeness (QED) is 0.795. The molecule has 0 aromatic rings. The predicted octanol–water partition coefficient (Wildman–Crippen LogP) is 1.96. The number of imide groups is 1. The van der Waals surface area contributed by atoms with Crippen LogP contribution in [0.15, 0.2) is 0 Å². The highest BCUT2D eigenvalue weighted by Crippen LogP contribution is 2.35. The summed E-state index contributed by atoms with van der Waals surface area (Å²) >= 11 is 0. The Bertz CT molecular complexity index is 344. The molecule has 1 aliphatic carbocycles. The van der Waals surface area contributed by atoms with E-state index in [-0.39, 0.29) is 35.7 Å². The van der Waals surface area contributed by atoms with Gasteiger partial charge in [0.15, 0.2) is 0 Å². The van der Waals surface area contributed by atoms with Crippen molar-refractivity contribution in [3.05, 3.63) is 0 Å². The summed E-state index contributed by atoms with van der Waals surface area (Å²) in [5.41, 5.74) is -0.201. The van der Waals surface area contributed by atoms with Crippen LogP contribution in [0.4, 0.5) is 0 Å². The maximum Gasteiger partial charge on any atom is 0.229 e. The first-order valence-electron chi connectivity index (χ1n) is 7.37. The first-order valence-corrected chi connectivity index (χ1v) is 7.37. The van der Waals surface area contributed by atoms with Gasteiger partial charge in [-0.05, 0) is 30.1 Å².